The summed E-state index contributed by atoms with van der Waals surface area (Å²) in [5, 5.41) is 16.3. The molecule has 0 spiro atoms. The van der Waals surface area contributed by atoms with Crippen LogP contribution in [0.25, 0.3) is 0 Å². The summed E-state index contributed by atoms with van der Waals surface area (Å²) in [6.07, 6.45) is 1.47. The largest absolute Gasteiger partial charge is 0.392 e. The minimum atomic E-state index is -0.409. The molecular formula is C15H23ClN2O2. The van der Waals surface area contributed by atoms with Crippen molar-refractivity contribution in [2.45, 2.75) is 32.8 Å². The Balaban J connectivity index is 2.28. The topological polar surface area (TPSA) is 61.4 Å². The Labute approximate surface area is 125 Å². The number of hydrogen-bond donors (Lipinski definition) is 3. The molecule has 0 aromatic heterocycles. The average Bonchev–Trinajstić information content (AvgIpc) is 2.43. The van der Waals surface area contributed by atoms with E-state index in [1.54, 1.807) is 24.3 Å². The van der Waals surface area contributed by atoms with Gasteiger partial charge in [-0.1, -0.05) is 38.3 Å². The van der Waals surface area contributed by atoms with E-state index in [1.807, 2.05) is 0 Å². The SMILES string of the molecule is CCC(CC)C(O)CNCC(=O)Nc1ccc(Cl)cc1. The zero-order chi connectivity index (χ0) is 15.0. The molecular weight excluding hydrogens is 276 g/mol. The fraction of sp³-hybridized carbons (Fsp3) is 0.533. The van der Waals surface area contributed by atoms with Gasteiger partial charge in [0.25, 0.3) is 0 Å². The molecule has 1 amide bonds. The molecule has 1 aromatic rings. The van der Waals surface area contributed by atoms with Crippen LogP contribution in [0.3, 0.4) is 0 Å². The quantitative estimate of drug-likeness (QED) is 0.691. The molecule has 0 aliphatic carbocycles. The maximum atomic E-state index is 11.7. The molecule has 5 heteroatoms. The first-order valence-corrected chi connectivity index (χ1v) is 7.38. The Morgan fingerprint density at radius 1 is 1.25 bits per heavy atom. The van der Waals surface area contributed by atoms with Crippen LogP contribution in [0.2, 0.25) is 5.02 Å². The number of halogens is 1. The molecule has 0 heterocycles. The van der Waals surface area contributed by atoms with Gasteiger partial charge in [0, 0.05) is 17.3 Å². The molecule has 0 aliphatic heterocycles. The van der Waals surface area contributed by atoms with Crippen LogP contribution in [0.15, 0.2) is 24.3 Å². The van der Waals surface area contributed by atoms with Gasteiger partial charge in [-0.15, -0.1) is 0 Å². The molecule has 1 rings (SSSR count). The van der Waals surface area contributed by atoms with Gasteiger partial charge in [-0.25, -0.2) is 0 Å². The lowest BCUT2D eigenvalue weighted by atomic mass is 9.97. The molecule has 4 nitrogen and oxygen atoms in total. The van der Waals surface area contributed by atoms with Crippen molar-refractivity contribution in [2.75, 3.05) is 18.4 Å². The molecule has 0 aliphatic rings. The van der Waals surface area contributed by atoms with Crippen molar-refractivity contribution in [3.63, 3.8) is 0 Å². The van der Waals surface area contributed by atoms with Crippen LogP contribution < -0.4 is 10.6 Å². The number of benzene rings is 1. The van der Waals surface area contributed by atoms with Gasteiger partial charge in [-0.3, -0.25) is 4.79 Å². The van der Waals surface area contributed by atoms with E-state index in [1.165, 1.54) is 0 Å². The zero-order valence-electron chi connectivity index (χ0n) is 12.0. The molecule has 0 saturated carbocycles. The maximum absolute atomic E-state index is 11.7. The number of carbonyl (C=O) groups excluding carboxylic acids is 1. The third kappa shape index (κ3) is 5.90. The van der Waals surface area contributed by atoms with Gasteiger partial charge in [0.2, 0.25) is 5.91 Å². The standard InChI is InChI=1S/C15H23ClN2O2/c1-3-11(4-2)14(19)9-17-10-15(20)18-13-7-5-12(16)6-8-13/h5-8,11,14,17,19H,3-4,9-10H2,1-2H3,(H,18,20). The van der Waals surface area contributed by atoms with E-state index < -0.39 is 6.10 Å². The highest BCUT2D eigenvalue weighted by Gasteiger charge is 2.15. The zero-order valence-corrected chi connectivity index (χ0v) is 12.8. The van der Waals surface area contributed by atoms with Gasteiger partial charge < -0.3 is 15.7 Å². The molecule has 3 N–H and O–H groups in total. The number of carbonyl (C=O) groups is 1. The third-order valence-corrected chi connectivity index (χ3v) is 3.61. The molecule has 1 aromatic carbocycles. The molecule has 0 saturated heterocycles. The first kappa shape index (κ1) is 17.0. The van der Waals surface area contributed by atoms with E-state index in [9.17, 15) is 9.90 Å². The highest BCUT2D eigenvalue weighted by atomic mass is 35.5. The van der Waals surface area contributed by atoms with Crippen molar-refractivity contribution in [3.8, 4) is 0 Å². The molecule has 112 valence electrons. The number of rotatable bonds is 8. The summed E-state index contributed by atoms with van der Waals surface area (Å²) in [7, 11) is 0. The van der Waals surface area contributed by atoms with E-state index in [-0.39, 0.29) is 18.4 Å². The minimum absolute atomic E-state index is 0.135. The smallest absolute Gasteiger partial charge is 0.238 e. The second-order valence-electron chi connectivity index (χ2n) is 4.83. The fourth-order valence-electron chi connectivity index (χ4n) is 2.07. The predicted octanol–water partition coefficient (Wildman–Crippen LogP) is 2.67. The molecule has 1 atom stereocenters. The van der Waals surface area contributed by atoms with Gasteiger partial charge in [-0.05, 0) is 30.2 Å². The van der Waals surface area contributed by atoms with Gasteiger partial charge in [-0.2, -0.15) is 0 Å². The second kappa shape index (κ2) is 8.95. The van der Waals surface area contributed by atoms with E-state index >= 15 is 0 Å². The first-order valence-electron chi connectivity index (χ1n) is 7.01. The number of nitrogens with one attached hydrogen (secondary N) is 2. The number of anilines is 1. The highest BCUT2D eigenvalue weighted by molar-refractivity contribution is 6.30. The Kier molecular flexibility index (Phi) is 7.59. The lowest BCUT2D eigenvalue weighted by Gasteiger charge is -2.20. The molecule has 20 heavy (non-hydrogen) atoms. The van der Waals surface area contributed by atoms with Crippen LogP contribution in [0.1, 0.15) is 26.7 Å². The lowest BCUT2D eigenvalue weighted by Crippen LogP contribution is -2.36. The summed E-state index contributed by atoms with van der Waals surface area (Å²) in [5.74, 6) is 0.144. The molecule has 1 unspecified atom stereocenters. The summed E-state index contributed by atoms with van der Waals surface area (Å²) in [6.45, 7) is 4.73. The first-order chi connectivity index (χ1) is 9.56. The van der Waals surface area contributed by atoms with Crippen LogP contribution in [0.4, 0.5) is 5.69 Å². The fourth-order valence-corrected chi connectivity index (χ4v) is 2.20. The van der Waals surface area contributed by atoms with E-state index in [4.69, 9.17) is 11.6 Å². The van der Waals surface area contributed by atoms with Crippen molar-refractivity contribution < 1.29 is 9.90 Å². The van der Waals surface area contributed by atoms with Gasteiger partial charge >= 0.3 is 0 Å². The Bertz CT molecular complexity index is 405. The van der Waals surface area contributed by atoms with Crippen molar-refractivity contribution in [1.82, 2.24) is 5.32 Å². The van der Waals surface area contributed by atoms with Crippen LogP contribution in [-0.4, -0.2) is 30.2 Å². The summed E-state index contributed by atoms with van der Waals surface area (Å²) >= 11 is 5.77. The van der Waals surface area contributed by atoms with Gasteiger partial charge in [0.05, 0.1) is 12.6 Å². The molecule has 0 radical (unpaired) electrons. The normalized spacial score (nSPS) is 12.4. The van der Waals surface area contributed by atoms with Crippen molar-refractivity contribution >= 4 is 23.2 Å². The van der Waals surface area contributed by atoms with Crippen LogP contribution in [0, 0.1) is 5.92 Å². The third-order valence-electron chi connectivity index (χ3n) is 3.36. The Hall–Kier alpha value is -1.10. The number of amides is 1. The van der Waals surface area contributed by atoms with Gasteiger partial charge in [0.1, 0.15) is 0 Å². The monoisotopic (exact) mass is 298 g/mol. The van der Waals surface area contributed by atoms with Crippen molar-refractivity contribution in [1.29, 1.82) is 0 Å². The predicted molar refractivity (Wildman–Crippen MR) is 83.0 cm³/mol. The summed E-state index contributed by atoms with van der Waals surface area (Å²) < 4.78 is 0. The van der Waals surface area contributed by atoms with Gasteiger partial charge in [0.15, 0.2) is 0 Å². The second-order valence-corrected chi connectivity index (χ2v) is 5.27. The summed E-state index contributed by atoms with van der Waals surface area (Å²) in [4.78, 5) is 11.7. The average molecular weight is 299 g/mol. The Morgan fingerprint density at radius 3 is 2.40 bits per heavy atom. The van der Waals surface area contributed by atoms with Crippen LogP contribution in [-0.2, 0) is 4.79 Å². The van der Waals surface area contributed by atoms with Crippen LogP contribution >= 0.6 is 11.6 Å². The Morgan fingerprint density at radius 2 is 1.85 bits per heavy atom. The summed E-state index contributed by atoms with van der Waals surface area (Å²) in [6, 6.07) is 6.95. The van der Waals surface area contributed by atoms with E-state index in [0.717, 1.165) is 12.8 Å². The molecule has 0 fully saturated rings. The lowest BCUT2D eigenvalue weighted by molar-refractivity contribution is -0.115. The minimum Gasteiger partial charge on any atom is -0.392 e. The number of aliphatic hydroxyl groups excluding tert-OH is 1. The summed E-state index contributed by atoms with van der Waals surface area (Å²) in [5.41, 5.74) is 0.710. The van der Waals surface area contributed by atoms with E-state index in [2.05, 4.69) is 24.5 Å². The van der Waals surface area contributed by atoms with E-state index in [0.29, 0.717) is 17.3 Å². The maximum Gasteiger partial charge on any atom is 0.238 e. The van der Waals surface area contributed by atoms with Crippen molar-refractivity contribution in [3.05, 3.63) is 29.3 Å². The number of hydrogen-bond acceptors (Lipinski definition) is 3. The van der Waals surface area contributed by atoms with Crippen LogP contribution in [0.5, 0.6) is 0 Å². The van der Waals surface area contributed by atoms with Crippen molar-refractivity contribution in [2.24, 2.45) is 5.92 Å². The highest BCUT2D eigenvalue weighted by Crippen LogP contribution is 2.13. The number of aliphatic hydroxyl groups is 1. The molecule has 0 bridgehead atoms.